The van der Waals surface area contributed by atoms with Crippen molar-refractivity contribution in [3.8, 4) is 0 Å². The maximum Gasteiger partial charge on any atom is 0.257 e. The second-order valence-electron chi connectivity index (χ2n) is 11.9. The SMILES string of the molecule is CCCN(CCC)C(=O)c1c(NC(=O)c2ccc(S(=O)(=O)N3CCCCC3C)cc2)sc2c1CCN(Cc1ccccc1)C2. The molecule has 0 bridgehead atoms. The van der Waals surface area contributed by atoms with Gasteiger partial charge in [0.25, 0.3) is 11.8 Å². The van der Waals surface area contributed by atoms with Crippen LogP contribution >= 0.6 is 11.3 Å². The Morgan fingerprint density at radius 2 is 1.68 bits per heavy atom. The fourth-order valence-electron chi connectivity index (χ4n) is 6.28. The first-order valence-corrected chi connectivity index (χ1v) is 18.1. The summed E-state index contributed by atoms with van der Waals surface area (Å²) in [7, 11) is -3.63. The standard InChI is InChI=1S/C34H44N4O4S2/c1-4-19-37(20-5-2)34(40)31-29-18-22-36(23-26-12-7-6-8-13-26)24-30(29)43-33(31)35-32(39)27-14-16-28(17-15-27)44(41,42)38-21-10-9-11-25(38)3/h6-8,12-17,25H,4-5,9-11,18-24H2,1-3H3,(H,35,39). The summed E-state index contributed by atoms with van der Waals surface area (Å²) in [6.45, 7) is 10.3. The van der Waals surface area contributed by atoms with Gasteiger partial charge in [-0.3, -0.25) is 14.5 Å². The largest absolute Gasteiger partial charge is 0.339 e. The van der Waals surface area contributed by atoms with Crippen LogP contribution < -0.4 is 5.32 Å². The number of hydrogen-bond donors (Lipinski definition) is 1. The van der Waals surface area contributed by atoms with Crippen LogP contribution in [-0.2, 0) is 29.5 Å². The van der Waals surface area contributed by atoms with E-state index in [4.69, 9.17) is 0 Å². The monoisotopic (exact) mass is 636 g/mol. The second-order valence-corrected chi connectivity index (χ2v) is 14.9. The van der Waals surface area contributed by atoms with Crippen molar-refractivity contribution in [1.29, 1.82) is 0 Å². The van der Waals surface area contributed by atoms with Gasteiger partial charge in [-0.05, 0) is 74.4 Å². The predicted octanol–water partition coefficient (Wildman–Crippen LogP) is 6.38. The van der Waals surface area contributed by atoms with Crippen LogP contribution in [-0.4, -0.2) is 66.6 Å². The van der Waals surface area contributed by atoms with E-state index in [2.05, 4.69) is 36.2 Å². The van der Waals surface area contributed by atoms with Gasteiger partial charge in [0.1, 0.15) is 5.00 Å². The van der Waals surface area contributed by atoms with Crippen molar-refractivity contribution in [2.75, 3.05) is 31.5 Å². The average molecular weight is 637 g/mol. The summed E-state index contributed by atoms with van der Waals surface area (Å²) < 4.78 is 28.2. The average Bonchev–Trinajstić information content (AvgIpc) is 3.38. The number of hydrogen-bond acceptors (Lipinski definition) is 6. The third kappa shape index (κ3) is 7.09. The number of benzene rings is 2. The molecule has 1 atom stereocenters. The molecule has 1 unspecified atom stereocenters. The molecule has 2 aromatic carbocycles. The Balaban J connectivity index is 1.40. The van der Waals surface area contributed by atoms with Gasteiger partial charge in [0.2, 0.25) is 10.0 Å². The number of amides is 2. The van der Waals surface area contributed by atoms with E-state index >= 15 is 0 Å². The highest BCUT2D eigenvalue weighted by Gasteiger charge is 2.33. The van der Waals surface area contributed by atoms with Crippen molar-refractivity contribution in [1.82, 2.24) is 14.1 Å². The molecule has 3 aromatic rings. The molecule has 10 heteroatoms. The van der Waals surface area contributed by atoms with E-state index in [0.29, 0.717) is 42.3 Å². The lowest BCUT2D eigenvalue weighted by atomic mass is 10.0. The van der Waals surface area contributed by atoms with Crippen LogP contribution in [0.4, 0.5) is 5.00 Å². The molecule has 0 spiro atoms. The molecule has 0 aliphatic carbocycles. The van der Waals surface area contributed by atoms with Gasteiger partial charge in [-0.1, -0.05) is 50.6 Å². The summed E-state index contributed by atoms with van der Waals surface area (Å²) in [6, 6.07) is 16.5. The highest BCUT2D eigenvalue weighted by molar-refractivity contribution is 7.89. The molecule has 0 saturated carbocycles. The third-order valence-electron chi connectivity index (χ3n) is 8.57. The number of fused-ring (bicyclic) bond motifs is 1. The molecule has 1 fully saturated rings. The van der Waals surface area contributed by atoms with Crippen molar-refractivity contribution in [2.24, 2.45) is 0 Å². The summed E-state index contributed by atoms with van der Waals surface area (Å²) in [5.41, 5.74) is 3.24. The lowest BCUT2D eigenvalue weighted by Gasteiger charge is -2.32. The van der Waals surface area contributed by atoms with E-state index in [1.54, 1.807) is 16.4 Å². The van der Waals surface area contributed by atoms with Gasteiger partial charge in [0.05, 0.1) is 10.5 Å². The number of nitrogens with one attached hydrogen (secondary N) is 1. The quantitative estimate of drug-likeness (QED) is 0.264. The van der Waals surface area contributed by atoms with Crippen molar-refractivity contribution in [3.05, 3.63) is 81.7 Å². The highest BCUT2D eigenvalue weighted by Crippen LogP contribution is 2.39. The number of thiophene rings is 1. The predicted molar refractivity (Wildman–Crippen MR) is 177 cm³/mol. The van der Waals surface area contributed by atoms with Gasteiger partial charge in [0, 0.05) is 55.8 Å². The van der Waals surface area contributed by atoms with Gasteiger partial charge >= 0.3 is 0 Å². The molecule has 3 heterocycles. The number of piperidine rings is 1. The fraction of sp³-hybridized carbons (Fsp3) is 0.471. The first-order chi connectivity index (χ1) is 21.2. The van der Waals surface area contributed by atoms with Crippen molar-refractivity contribution in [2.45, 2.75) is 83.3 Å². The molecule has 2 aliphatic rings. The Bertz CT molecular complexity index is 1550. The molecule has 8 nitrogen and oxygen atoms in total. The van der Waals surface area contributed by atoms with E-state index in [-0.39, 0.29) is 22.8 Å². The van der Waals surface area contributed by atoms with Crippen LogP contribution in [0.25, 0.3) is 0 Å². The minimum absolute atomic E-state index is 0.0323. The molecule has 1 N–H and O–H groups in total. The lowest BCUT2D eigenvalue weighted by Crippen LogP contribution is -2.41. The smallest absolute Gasteiger partial charge is 0.257 e. The number of carbonyl (C=O) groups excluding carboxylic acids is 2. The summed E-state index contributed by atoms with van der Waals surface area (Å²) in [5.74, 6) is -0.387. The van der Waals surface area contributed by atoms with Crippen LogP contribution in [0.15, 0.2) is 59.5 Å². The van der Waals surface area contributed by atoms with Gasteiger partial charge < -0.3 is 10.2 Å². The maximum atomic E-state index is 14.0. The fourth-order valence-corrected chi connectivity index (χ4v) is 9.25. The van der Waals surface area contributed by atoms with Gasteiger partial charge in [-0.25, -0.2) is 8.42 Å². The number of nitrogens with zero attached hydrogens (tertiary/aromatic N) is 3. The minimum Gasteiger partial charge on any atom is -0.339 e. The normalized spacial score (nSPS) is 17.7. The van der Waals surface area contributed by atoms with E-state index < -0.39 is 10.0 Å². The third-order valence-corrected chi connectivity index (χ3v) is 11.7. The Labute approximate surface area is 266 Å². The van der Waals surface area contributed by atoms with E-state index in [1.807, 2.05) is 30.0 Å². The first kappa shape index (κ1) is 32.3. The van der Waals surface area contributed by atoms with Crippen LogP contribution in [0.1, 0.15) is 89.6 Å². The Hall–Kier alpha value is -3.05. The Morgan fingerprint density at radius 1 is 0.977 bits per heavy atom. The van der Waals surface area contributed by atoms with Crippen LogP contribution in [0.2, 0.25) is 0 Å². The second kappa shape index (κ2) is 14.4. The first-order valence-electron chi connectivity index (χ1n) is 15.9. The number of carbonyl (C=O) groups is 2. The van der Waals surface area contributed by atoms with Crippen LogP contribution in [0, 0.1) is 0 Å². The summed E-state index contributed by atoms with van der Waals surface area (Å²) in [6.07, 6.45) is 5.19. The van der Waals surface area contributed by atoms with Crippen molar-refractivity contribution >= 4 is 38.2 Å². The Morgan fingerprint density at radius 3 is 2.34 bits per heavy atom. The molecule has 5 rings (SSSR count). The lowest BCUT2D eigenvalue weighted by molar-refractivity contribution is 0.0755. The number of rotatable bonds is 11. The molecular formula is C34H44N4O4S2. The summed E-state index contributed by atoms with van der Waals surface area (Å²) in [4.78, 5) is 33.1. The summed E-state index contributed by atoms with van der Waals surface area (Å²) >= 11 is 1.48. The number of sulfonamides is 1. The molecule has 1 saturated heterocycles. The van der Waals surface area contributed by atoms with Gasteiger partial charge in [-0.2, -0.15) is 4.31 Å². The zero-order valence-electron chi connectivity index (χ0n) is 26.0. The molecule has 44 heavy (non-hydrogen) atoms. The minimum atomic E-state index is -3.63. The highest BCUT2D eigenvalue weighted by atomic mass is 32.2. The van der Waals surface area contributed by atoms with Crippen molar-refractivity contribution < 1.29 is 18.0 Å². The molecular weight excluding hydrogens is 593 g/mol. The molecule has 2 amide bonds. The van der Waals surface area contributed by atoms with Crippen LogP contribution in [0.3, 0.4) is 0 Å². The van der Waals surface area contributed by atoms with Crippen molar-refractivity contribution in [3.63, 3.8) is 0 Å². The zero-order valence-corrected chi connectivity index (χ0v) is 27.7. The maximum absolute atomic E-state index is 14.0. The molecule has 236 valence electrons. The molecule has 2 aliphatic heterocycles. The molecule has 1 aromatic heterocycles. The van der Waals surface area contributed by atoms with Gasteiger partial charge in [0.15, 0.2) is 0 Å². The van der Waals surface area contributed by atoms with E-state index in [1.165, 1.54) is 29.0 Å². The topological polar surface area (TPSA) is 90.0 Å². The van der Waals surface area contributed by atoms with Gasteiger partial charge in [-0.15, -0.1) is 11.3 Å². The Kier molecular flexibility index (Phi) is 10.6. The van der Waals surface area contributed by atoms with E-state index in [0.717, 1.165) is 62.1 Å². The zero-order chi connectivity index (χ0) is 31.3. The number of anilines is 1. The van der Waals surface area contributed by atoms with Crippen LogP contribution in [0.5, 0.6) is 0 Å². The summed E-state index contributed by atoms with van der Waals surface area (Å²) in [5, 5.41) is 3.62. The van der Waals surface area contributed by atoms with E-state index in [9.17, 15) is 18.0 Å². The molecule has 0 radical (unpaired) electrons.